The Labute approximate surface area is 133 Å². The van der Waals surface area contributed by atoms with Gasteiger partial charge in [0.05, 0.1) is 12.2 Å². The topological polar surface area (TPSA) is 80.0 Å². The monoisotopic (exact) mass is 308 g/mol. The van der Waals surface area contributed by atoms with Gasteiger partial charge in [0, 0.05) is 11.1 Å². The standard InChI is InChI=1S/C17H16N4O2/c1-12-19-20-16(11-18-23)21(12)15-10-6-5-9-14(15)17(22)13-7-3-2-4-8-13/h2-10,18,23H,11H2,1H3. The van der Waals surface area contributed by atoms with Gasteiger partial charge in [0.15, 0.2) is 11.6 Å². The van der Waals surface area contributed by atoms with E-state index in [1.54, 1.807) is 29.7 Å². The maximum absolute atomic E-state index is 12.8. The van der Waals surface area contributed by atoms with Crippen LogP contribution in [0, 0.1) is 6.92 Å². The molecular weight excluding hydrogens is 292 g/mol. The van der Waals surface area contributed by atoms with Crippen molar-refractivity contribution in [2.45, 2.75) is 13.5 Å². The molecular formula is C17H16N4O2. The molecule has 1 aromatic heterocycles. The molecule has 6 nitrogen and oxygen atoms in total. The number of carbonyl (C=O) groups excluding carboxylic acids is 1. The number of hydrogen-bond donors (Lipinski definition) is 2. The van der Waals surface area contributed by atoms with Gasteiger partial charge >= 0.3 is 0 Å². The van der Waals surface area contributed by atoms with Gasteiger partial charge in [0.1, 0.15) is 5.82 Å². The molecule has 2 aromatic carbocycles. The van der Waals surface area contributed by atoms with Gasteiger partial charge in [-0.2, -0.15) is 5.48 Å². The first kappa shape index (κ1) is 15.1. The van der Waals surface area contributed by atoms with Crippen molar-refractivity contribution in [3.05, 3.63) is 77.4 Å². The summed E-state index contributed by atoms with van der Waals surface area (Å²) < 4.78 is 1.76. The molecule has 0 bridgehead atoms. The van der Waals surface area contributed by atoms with E-state index in [0.717, 1.165) is 0 Å². The summed E-state index contributed by atoms with van der Waals surface area (Å²) in [5, 5.41) is 17.0. The number of hydrogen-bond acceptors (Lipinski definition) is 5. The lowest BCUT2D eigenvalue weighted by molar-refractivity contribution is 0.103. The molecule has 0 aliphatic heterocycles. The normalized spacial score (nSPS) is 10.7. The van der Waals surface area contributed by atoms with E-state index in [-0.39, 0.29) is 12.3 Å². The molecule has 0 aliphatic carbocycles. The van der Waals surface area contributed by atoms with Gasteiger partial charge in [-0.05, 0) is 19.1 Å². The molecule has 0 amide bonds. The number of aromatic nitrogens is 3. The van der Waals surface area contributed by atoms with E-state index in [4.69, 9.17) is 5.21 Å². The van der Waals surface area contributed by atoms with Crippen LogP contribution in [0.5, 0.6) is 0 Å². The summed E-state index contributed by atoms with van der Waals surface area (Å²) in [5.41, 5.74) is 3.94. The molecule has 0 aliphatic rings. The predicted molar refractivity (Wildman–Crippen MR) is 84.6 cm³/mol. The zero-order valence-corrected chi connectivity index (χ0v) is 12.6. The van der Waals surface area contributed by atoms with Crippen LogP contribution < -0.4 is 5.48 Å². The van der Waals surface area contributed by atoms with Gasteiger partial charge in [0.25, 0.3) is 0 Å². The second-order valence-corrected chi connectivity index (χ2v) is 5.05. The van der Waals surface area contributed by atoms with Crippen LogP contribution in [0.25, 0.3) is 5.69 Å². The summed E-state index contributed by atoms with van der Waals surface area (Å²) in [5.74, 6) is 1.10. The lowest BCUT2D eigenvalue weighted by atomic mass is 10.0. The molecule has 0 radical (unpaired) electrons. The summed E-state index contributed by atoms with van der Waals surface area (Å²) in [6, 6.07) is 16.4. The van der Waals surface area contributed by atoms with Gasteiger partial charge in [-0.1, -0.05) is 42.5 Å². The number of nitrogens with zero attached hydrogens (tertiary/aromatic N) is 3. The maximum atomic E-state index is 12.8. The molecule has 0 saturated carbocycles. The van der Waals surface area contributed by atoms with Gasteiger partial charge in [0.2, 0.25) is 0 Å². The Morgan fingerprint density at radius 1 is 1.09 bits per heavy atom. The largest absolute Gasteiger partial charge is 0.316 e. The fraction of sp³-hybridized carbons (Fsp3) is 0.118. The number of para-hydroxylation sites is 1. The third-order valence-electron chi connectivity index (χ3n) is 3.55. The first-order valence-corrected chi connectivity index (χ1v) is 7.19. The Morgan fingerprint density at radius 3 is 2.52 bits per heavy atom. The molecule has 2 N–H and O–H groups in total. The quantitative estimate of drug-likeness (QED) is 0.558. The van der Waals surface area contributed by atoms with Crippen LogP contribution in [0.15, 0.2) is 54.6 Å². The van der Waals surface area contributed by atoms with Crippen LogP contribution in [-0.2, 0) is 6.54 Å². The highest BCUT2D eigenvalue weighted by Crippen LogP contribution is 2.21. The SMILES string of the molecule is Cc1nnc(CNO)n1-c1ccccc1C(=O)c1ccccc1. The van der Waals surface area contributed by atoms with Crippen LogP contribution in [0.3, 0.4) is 0 Å². The van der Waals surface area contributed by atoms with Crippen molar-refractivity contribution in [2.75, 3.05) is 0 Å². The van der Waals surface area contributed by atoms with Crippen LogP contribution in [0.2, 0.25) is 0 Å². The average molecular weight is 308 g/mol. The third-order valence-corrected chi connectivity index (χ3v) is 3.55. The molecule has 0 fully saturated rings. The summed E-state index contributed by atoms with van der Waals surface area (Å²) >= 11 is 0. The number of benzene rings is 2. The Kier molecular flexibility index (Phi) is 4.27. The highest BCUT2D eigenvalue weighted by molar-refractivity contribution is 6.11. The molecule has 3 rings (SSSR count). The molecule has 0 atom stereocenters. The number of carbonyl (C=O) groups is 1. The van der Waals surface area contributed by atoms with E-state index in [1.165, 1.54) is 0 Å². The number of hydroxylamine groups is 1. The molecule has 116 valence electrons. The number of nitrogens with one attached hydrogen (secondary N) is 1. The maximum Gasteiger partial charge on any atom is 0.195 e. The minimum absolute atomic E-state index is 0.0720. The van der Waals surface area contributed by atoms with E-state index in [9.17, 15) is 4.79 Å². The average Bonchev–Trinajstić information content (AvgIpc) is 2.96. The Hall–Kier alpha value is -2.83. The minimum atomic E-state index is -0.0720. The molecule has 0 unspecified atom stereocenters. The molecule has 0 spiro atoms. The smallest absolute Gasteiger partial charge is 0.195 e. The minimum Gasteiger partial charge on any atom is -0.316 e. The van der Waals surface area contributed by atoms with E-state index in [0.29, 0.717) is 28.5 Å². The lowest BCUT2D eigenvalue weighted by Gasteiger charge is -2.13. The third kappa shape index (κ3) is 2.90. The van der Waals surface area contributed by atoms with Crippen LogP contribution in [0.1, 0.15) is 27.6 Å². The zero-order chi connectivity index (χ0) is 16.2. The van der Waals surface area contributed by atoms with E-state index >= 15 is 0 Å². The van der Waals surface area contributed by atoms with Crippen molar-refractivity contribution in [2.24, 2.45) is 0 Å². The Bertz CT molecular complexity index is 828. The second-order valence-electron chi connectivity index (χ2n) is 5.05. The number of ketones is 1. The molecule has 1 heterocycles. The number of rotatable bonds is 5. The van der Waals surface area contributed by atoms with E-state index in [2.05, 4.69) is 15.7 Å². The van der Waals surface area contributed by atoms with Crippen molar-refractivity contribution in [3.8, 4) is 5.69 Å². The summed E-state index contributed by atoms with van der Waals surface area (Å²) in [4.78, 5) is 12.8. The molecule has 6 heteroatoms. The Morgan fingerprint density at radius 2 is 1.78 bits per heavy atom. The first-order chi connectivity index (χ1) is 11.2. The fourth-order valence-electron chi connectivity index (χ4n) is 2.51. The summed E-state index contributed by atoms with van der Waals surface area (Å²) in [6.07, 6.45) is 0. The van der Waals surface area contributed by atoms with Gasteiger partial charge in [-0.3, -0.25) is 9.36 Å². The van der Waals surface area contributed by atoms with Gasteiger partial charge < -0.3 is 5.21 Å². The van der Waals surface area contributed by atoms with E-state index in [1.807, 2.05) is 36.4 Å². The molecule has 3 aromatic rings. The molecule has 0 saturated heterocycles. The van der Waals surface area contributed by atoms with Gasteiger partial charge in [-0.25, -0.2) is 0 Å². The fourth-order valence-corrected chi connectivity index (χ4v) is 2.51. The van der Waals surface area contributed by atoms with Crippen LogP contribution in [0.4, 0.5) is 0 Å². The van der Waals surface area contributed by atoms with E-state index < -0.39 is 0 Å². The van der Waals surface area contributed by atoms with Crippen molar-refractivity contribution in [1.29, 1.82) is 0 Å². The van der Waals surface area contributed by atoms with Crippen LogP contribution in [-0.4, -0.2) is 25.8 Å². The van der Waals surface area contributed by atoms with Crippen LogP contribution >= 0.6 is 0 Å². The highest BCUT2D eigenvalue weighted by Gasteiger charge is 2.18. The summed E-state index contributed by atoms with van der Waals surface area (Å²) in [7, 11) is 0. The molecule has 23 heavy (non-hydrogen) atoms. The van der Waals surface area contributed by atoms with Gasteiger partial charge in [-0.15, -0.1) is 10.2 Å². The van der Waals surface area contributed by atoms with Crippen molar-refractivity contribution < 1.29 is 10.0 Å². The number of aryl methyl sites for hydroxylation is 1. The van der Waals surface area contributed by atoms with Crippen molar-refractivity contribution >= 4 is 5.78 Å². The zero-order valence-electron chi connectivity index (χ0n) is 12.6. The van der Waals surface area contributed by atoms with Crippen molar-refractivity contribution in [1.82, 2.24) is 20.2 Å². The predicted octanol–water partition coefficient (Wildman–Crippen LogP) is 2.29. The first-order valence-electron chi connectivity index (χ1n) is 7.19. The Balaban J connectivity index is 2.13. The van der Waals surface area contributed by atoms with Crippen molar-refractivity contribution in [3.63, 3.8) is 0 Å². The highest BCUT2D eigenvalue weighted by atomic mass is 16.5. The lowest BCUT2D eigenvalue weighted by Crippen LogP contribution is -2.15. The summed E-state index contributed by atoms with van der Waals surface area (Å²) in [6.45, 7) is 1.94. The second kappa shape index (κ2) is 6.51.